The van der Waals surface area contributed by atoms with Crippen molar-refractivity contribution in [2.75, 3.05) is 11.9 Å². The van der Waals surface area contributed by atoms with Gasteiger partial charge in [0.15, 0.2) is 0 Å². The number of nitrogens with one attached hydrogen (secondary N) is 2. The number of benzene rings is 2. The average Bonchev–Trinajstić information content (AvgIpc) is 2.53. The van der Waals surface area contributed by atoms with E-state index in [1.807, 2.05) is 6.07 Å². The fourth-order valence-electron chi connectivity index (χ4n) is 2.08. The maximum Gasteiger partial charge on any atom is 0.238 e. The lowest BCUT2D eigenvalue weighted by Crippen LogP contribution is -2.30. The number of nitriles is 1. The Morgan fingerprint density at radius 1 is 1.26 bits per heavy atom. The molecule has 2 rings (SSSR count). The van der Waals surface area contributed by atoms with Gasteiger partial charge in [-0.2, -0.15) is 5.26 Å². The van der Waals surface area contributed by atoms with Crippen LogP contribution in [0.15, 0.2) is 42.5 Å². The highest BCUT2D eigenvalue weighted by Crippen LogP contribution is 2.17. The minimum atomic E-state index is -0.660. The average molecular weight is 315 g/mol. The largest absolute Gasteiger partial charge is 0.325 e. The molecule has 2 N–H and O–H groups in total. The Balaban J connectivity index is 1.92. The molecule has 0 fully saturated rings. The molecule has 0 bridgehead atoms. The number of hydrogen-bond donors (Lipinski definition) is 2. The first-order chi connectivity index (χ1) is 11.0. The molecular formula is C17H15F2N3O. The van der Waals surface area contributed by atoms with Gasteiger partial charge in [0, 0.05) is 23.4 Å². The summed E-state index contributed by atoms with van der Waals surface area (Å²) in [6.07, 6.45) is 0. The Kier molecular flexibility index (Phi) is 5.39. The first kappa shape index (κ1) is 16.6. The predicted molar refractivity (Wildman–Crippen MR) is 82.6 cm³/mol. The lowest BCUT2D eigenvalue weighted by Gasteiger charge is -2.15. The molecule has 1 atom stereocenters. The SMILES string of the molecule is C[C@@H](NCC(=O)Nc1cccc(C#N)c1)c1ccc(F)cc1F. The van der Waals surface area contributed by atoms with Crippen LogP contribution in [0.1, 0.15) is 24.1 Å². The summed E-state index contributed by atoms with van der Waals surface area (Å²) in [6.45, 7) is 1.63. The van der Waals surface area contributed by atoms with E-state index in [1.165, 1.54) is 12.1 Å². The zero-order chi connectivity index (χ0) is 16.8. The molecule has 2 aromatic rings. The van der Waals surface area contributed by atoms with E-state index < -0.39 is 17.7 Å². The van der Waals surface area contributed by atoms with E-state index in [4.69, 9.17) is 5.26 Å². The van der Waals surface area contributed by atoms with Crippen molar-refractivity contribution in [1.82, 2.24) is 5.32 Å². The van der Waals surface area contributed by atoms with Crippen molar-refractivity contribution in [1.29, 1.82) is 5.26 Å². The fourth-order valence-corrected chi connectivity index (χ4v) is 2.08. The van der Waals surface area contributed by atoms with Gasteiger partial charge < -0.3 is 10.6 Å². The number of amides is 1. The third-order valence-electron chi connectivity index (χ3n) is 3.27. The molecule has 1 amide bonds. The molecule has 118 valence electrons. The van der Waals surface area contributed by atoms with E-state index in [2.05, 4.69) is 10.6 Å². The number of nitrogens with zero attached hydrogens (tertiary/aromatic N) is 1. The van der Waals surface area contributed by atoms with Crippen LogP contribution in [-0.4, -0.2) is 12.5 Å². The first-order valence-electron chi connectivity index (χ1n) is 6.98. The molecular weight excluding hydrogens is 300 g/mol. The van der Waals surface area contributed by atoms with Crippen molar-refractivity contribution in [2.45, 2.75) is 13.0 Å². The topological polar surface area (TPSA) is 64.9 Å². The number of halogens is 2. The standard InChI is InChI=1S/C17H15F2N3O/c1-11(15-6-5-13(18)8-16(15)19)21-10-17(23)22-14-4-2-3-12(7-14)9-20/h2-8,11,21H,10H2,1H3,(H,22,23)/t11-/m1/s1. The summed E-state index contributed by atoms with van der Waals surface area (Å²) in [5.41, 5.74) is 1.24. The number of carbonyl (C=O) groups is 1. The highest BCUT2D eigenvalue weighted by molar-refractivity contribution is 5.92. The minimum Gasteiger partial charge on any atom is -0.325 e. The summed E-state index contributed by atoms with van der Waals surface area (Å²) >= 11 is 0. The van der Waals surface area contributed by atoms with Gasteiger partial charge in [0.2, 0.25) is 5.91 Å². The molecule has 4 nitrogen and oxygen atoms in total. The summed E-state index contributed by atoms with van der Waals surface area (Å²) in [6, 6.07) is 11.4. The summed E-state index contributed by atoms with van der Waals surface area (Å²) in [4.78, 5) is 11.9. The Hall–Kier alpha value is -2.78. The van der Waals surface area contributed by atoms with Gasteiger partial charge in [-0.1, -0.05) is 12.1 Å². The van der Waals surface area contributed by atoms with Crippen LogP contribution in [0.2, 0.25) is 0 Å². The third kappa shape index (κ3) is 4.59. The first-order valence-corrected chi connectivity index (χ1v) is 6.98. The molecule has 0 heterocycles. The quantitative estimate of drug-likeness (QED) is 0.891. The Morgan fingerprint density at radius 2 is 2.04 bits per heavy atom. The second-order valence-corrected chi connectivity index (χ2v) is 5.01. The van der Waals surface area contributed by atoms with E-state index >= 15 is 0 Å². The highest BCUT2D eigenvalue weighted by Gasteiger charge is 2.13. The zero-order valence-corrected chi connectivity index (χ0v) is 12.4. The fraction of sp³-hybridized carbons (Fsp3) is 0.176. The van der Waals surface area contributed by atoms with Crippen molar-refractivity contribution in [2.24, 2.45) is 0 Å². The van der Waals surface area contributed by atoms with Crippen LogP contribution in [-0.2, 0) is 4.79 Å². The molecule has 0 spiro atoms. The molecule has 6 heteroatoms. The molecule has 0 radical (unpaired) electrons. The van der Waals surface area contributed by atoms with Gasteiger partial charge in [-0.15, -0.1) is 0 Å². The second kappa shape index (κ2) is 7.47. The molecule has 0 aliphatic carbocycles. The van der Waals surface area contributed by atoms with Gasteiger partial charge in [-0.05, 0) is 31.2 Å². The molecule has 0 unspecified atom stereocenters. The zero-order valence-electron chi connectivity index (χ0n) is 12.4. The highest BCUT2D eigenvalue weighted by atomic mass is 19.1. The van der Waals surface area contributed by atoms with Crippen LogP contribution >= 0.6 is 0 Å². The summed E-state index contributed by atoms with van der Waals surface area (Å²) in [7, 11) is 0. The van der Waals surface area contributed by atoms with Crippen molar-refractivity contribution < 1.29 is 13.6 Å². The summed E-state index contributed by atoms with van der Waals surface area (Å²) in [5.74, 6) is -1.63. The number of hydrogen-bond acceptors (Lipinski definition) is 3. The molecule has 0 saturated heterocycles. The van der Waals surface area contributed by atoms with Crippen LogP contribution in [0.5, 0.6) is 0 Å². The predicted octanol–water partition coefficient (Wildman–Crippen LogP) is 3.13. The molecule has 0 saturated carbocycles. The lowest BCUT2D eigenvalue weighted by atomic mass is 10.1. The van der Waals surface area contributed by atoms with Crippen LogP contribution in [0.3, 0.4) is 0 Å². The lowest BCUT2D eigenvalue weighted by molar-refractivity contribution is -0.115. The number of carbonyl (C=O) groups excluding carboxylic acids is 1. The maximum absolute atomic E-state index is 13.6. The molecule has 0 aliphatic heterocycles. The number of anilines is 1. The van der Waals surface area contributed by atoms with E-state index in [0.29, 0.717) is 11.3 Å². The molecule has 0 aromatic heterocycles. The second-order valence-electron chi connectivity index (χ2n) is 5.01. The Bertz CT molecular complexity index is 756. The molecule has 0 aliphatic rings. The van der Waals surface area contributed by atoms with Gasteiger partial charge >= 0.3 is 0 Å². The Labute approximate surface area is 132 Å². The van der Waals surface area contributed by atoms with Gasteiger partial charge in [0.05, 0.1) is 18.2 Å². The van der Waals surface area contributed by atoms with Gasteiger partial charge in [0.1, 0.15) is 11.6 Å². The maximum atomic E-state index is 13.6. The van der Waals surface area contributed by atoms with Crippen molar-refractivity contribution in [3.05, 3.63) is 65.2 Å². The number of rotatable bonds is 5. The van der Waals surface area contributed by atoms with Crippen molar-refractivity contribution in [3.8, 4) is 6.07 Å². The summed E-state index contributed by atoms with van der Waals surface area (Å²) in [5, 5.41) is 14.3. The van der Waals surface area contributed by atoms with Gasteiger partial charge in [0.25, 0.3) is 0 Å². The van der Waals surface area contributed by atoms with E-state index in [1.54, 1.807) is 31.2 Å². The van der Waals surface area contributed by atoms with Crippen molar-refractivity contribution >= 4 is 11.6 Å². The van der Waals surface area contributed by atoms with Gasteiger partial charge in [-0.3, -0.25) is 4.79 Å². The van der Waals surface area contributed by atoms with Gasteiger partial charge in [-0.25, -0.2) is 8.78 Å². The minimum absolute atomic E-state index is 0.0469. The molecule has 23 heavy (non-hydrogen) atoms. The smallest absolute Gasteiger partial charge is 0.238 e. The van der Waals surface area contributed by atoms with E-state index in [-0.39, 0.29) is 18.0 Å². The van der Waals surface area contributed by atoms with Crippen LogP contribution in [0.4, 0.5) is 14.5 Å². The molecule has 2 aromatic carbocycles. The normalized spacial score (nSPS) is 11.6. The van der Waals surface area contributed by atoms with Crippen molar-refractivity contribution in [3.63, 3.8) is 0 Å². The summed E-state index contributed by atoms with van der Waals surface area (Å²) < 4.78 is 26.5. The third-order valence-corrected chi connectivity index (χ3v) is 3.27. The van der Waals surface area contributed by atoms with Crippen LogP contribution in [0.25, 0.3) is 0 Å². The van der Waals surface area contributed by atoms with Crippen LogP contribution in [0, 0.1) is 23.0 Å². The van der Waals surface area contributed by atoms with E-state index in [0.717, 1.165) is 6.07 Å². The van der Waals surface area contributed by atoms with Crippen LogP contribution < -0.4 is 10.6 Å². The Morgan fingerprint density at radius 3 is 2.74 bits per heavy atom. The van der Waals surface area contributed by atoms with E-state index in [9.17, 15) is 13.6 Å². The monoisotopic (exact) mass is 315 g/mol.